The first-order chi connectivity index (χ1) is 9.47. The molecule has 0 spiro atoms. The maximum absolute atomic E-state index is 11.3. The highest BCUT2D eigenvalue weighted by Gasteiger charge is 2.15. The zero-order valence-corrected chi connectivity index (χ0v) is 11.6. The molecule has 106 valence electrons. The summed E-state index contributed by atoms with van der Waals surface area (Å²) in [5, 5.41) is 15.9. The van der Waals surface area contributed by atoms with Crippen LogP contribution in [0.5, 0.6) is 0 Å². The largest absolute Gasteiger partial charge is 0.478 e. The molecule has 2 aromatic rings. The molecular weight excluding hydrogens is 260 g/mol. The summed E-state index contributed by atoms with van der Waals surface area (Å²) in [4.78, 5) is 19.6. The third kappa shape index (κ3) is 3.11. The number of aryl methyl sites for hydroxylation is 3. The molecule has 0 unspecified atom stereocenters. The van der Waals surface area contributed by atoms with E-state index in [1.54, 1.807) is 19.9 Å². The number of carboxylic acids is 1. The van der Waals surface area contributed by atoms with E-state index < -0.39 is 5.97 Å². The van der Waals surface area contributed by atoms with Crippen LogP contribution in [0, 0.1) is 20.8 Å². The van der Waals surface area contributed by atoms with E-state index in [2.05, 4.69) is 20.4 Å². The monoisotopic (exact) mass is 276 g/mol. The molecule has 2 rings (SSSR count). The first-order valence-electron chi connectivity index (χ1n) is 6.22. The minimum atomic E-state index is -0.994. The number of pyridine rings is 1. The maximum Gasteiger partial charge on any atom is 0.339 e. The Kier molecular flexibility index (Phi) is 3.97. The Balaban J connectivity index is 2.10. The number of nitrogens with zero attached hydrogens (tertiary/aromatic N) is 3. The van der Waals surface area contributed by atoms with E-state index in [1.807, 2.05) is 6.92 Å². The van der Waals surface area contributed by atoms with E-state index in [0.717, 1.165) is 5.69 Å². The lowest BCUT2D eigenvalue weighted by atomic mass is 10.1. The Labute approximate surface area is 116 Å². The average molecular weight is 276 g/mol. The molecule has 0 aliphatic carbocycles. The van der Waals surface area contributed by atoms with Gasteiger partial charge >= 0.3 is 5.97 Å². The zero-order valence-electron chi connectivity index (χ0n) is 11.6. The number of hydrogen-bond donors (Lipinski definition) is 2. The fourth-order valence-electron chi connectivity index (χ4n) is 1.96. The first-order valence-corrected chi connectivity index (χ1v) is 6.22. The molecule has 0 saturated heterocycles. The van der Waals surface area contributed by atoms with Gasteiger partial charge < -0.3 is 14.9 Å². The van der Waals surface area contributed by atoms with Crippen molar-refractivity contribution in [3.8, 4) is 0 Å². The van der Waals surface area contributed by atoms with Crippen LogP contribution in [0.4, 0.5) is 5.82 Å². The van der Waals surface area contributed by atoms with E-state index in [9.17, 15) is 9.90 Å². The Morgan fingerprint density at radius 1 is 1.35 bits per heavy atom. The summed E-state index contributed by atoms with van der Waals surface area (Å²) >= 11 is 0. The van der Waals surface area contributed by atoms with Crippen molar-refractivity contribution in [3.05, 3.63) is 34.6 Å². The molecule has 0 aromatic carbocycles. The third-order valence-electron chi connectivity index (χ3n) is 2.76. The van der Waals surface area contributed by atoms with Crippen molar-refractivity contribution in [2.75, 3.05) is 11.9 Å². The topological polar surface area (TPSA) is 101 Å². The van der Waals surface area contributed by atoms with Gasteiger partial charge in [-0.05, 0) is 32.4 Å². The minimum absolute atomic E-state index is 0.192. The highest BCUT2D eigenvalue weighted by atomic mass is 16.5. The van der Waals surface area contributed by atoms with Crippen LogP contribution in [0.1, 0.15) is 33.3 Å². The predicted octanol–water partition coefficient (Wildman–Crippen LogP) is 1.74. The van der Waals surface area contributed by atoms with Crippen molar-refractivity contribution >= 4 is 11.8 Å². The second kappa shape index (κ2) is 5.68. The van der Waals surface area contributed by atoms with Crippen molar-refractivity contribution in [1.29, 1.82) is 0 Å². The number of aromatic carboxylic acids is 1. The Hall–Kier alpha value is -2.44. The lowest BCUT2D eigenvalue weighted by Crippen LogP contribution is -2.13. The summed E-state index contributed by atoms with van der Waals surface area (Å²) in [6, 6.07) is 1.75. The summed E-state index contributed by atoms with van der Waals surface area (Å²) in [6.07, 6.45) is 0.509. The van der Waals surface area contributed by atoms with Gasteiger partial charge in [0.05, 0.1) is 0 Å². The highest BCUT2D eigenvalue weighted by molar-refractivity contribution is 5.94. The van der Waals surface area contributed by atoms with Crippen LogP contribution in [0.3, 0.4) is 0 Å². The molecule has 2 N–H and O–H groups in total. The molecule has 20 heavy (non-hydrogen) atoms. The normalized spacial score (nSPS) is 10.6. The van der Waals surface area contributed by atoms with Gasteiger partial charge in [0.2, 0.25) is 5.89 Å². The first kappa shape index (κ1) is 14.0. The van der Waals surface area contributed by atoms with Gasteiger partial charge in [-0.15, -0.1) is 0 Å². The molecule has 0 saturated carbocycles. The van der Waals surface area contributed by atoms with Crippen molar-refractivity contribution in [1.82, 2.24) is 15.1 Å². The van der Waals surface area contributed by atoms with Crippen molar-refractivity contribution in [2.45, 2.75) is 27.2 Å². The highest BCUT2D eigenvalue weighted by Crippen LogP contribution is 2.18. The molecule has 0 atom stereocenters. The number of anilines is 1. The fraction of sp³-hybridized carbons (Fsp3) is 0.385. The second-order valence-electron chi connectivity index (χ2n) is 4.52. The molecule has 0 aliphatic heterocycles. The third-order valence-corrected chi connectivity index (χ3v) is 2.76. The molecule has 2 aromatic heterocycles. The van der Waals surface area contributed by atoms with Gasteiger partial charge in [0, 0.05) is 18.7 Å². The van der Waals surface area contributed by atoms with Crippen LogP contribution < -0.4 is 5.32 Å². The molecule has 0 bridgehead atoms. The van der Waals surface area contributed by atoms with Crippen LogP contribution in [-0.2, 0) is 6.42 Å². The van der Waals surface area contributed by atoms with Crippen molar-refractivity contribution < 1.29 is 14.4 Å². The molecule has 7 heteroatoms. The van der Waals surface area contributed by atoms with Crippen molar-refractivity contribution in [2.24, 2.45) is 0 Å². The quantitative estimate of drug-likeness (QED) is 0.857. The number of rotatable bonds is 5. The Morgan fingerprint density at radius 2 is 2.10 bits per heavy atom. The summed E-state index contributed by atoms with van der Waals surface area (Å²) < 4.78 is 4.99. The van der Waals surface area contributed by atoms with E-state index in [1.165, 1.54) is 0 Å². The standard InChI is InChI=1S/C13H16N4O3/c1-7-6-8(2)15-12(11(7)13(18)19)14-5-4-10-16-9(3)17-20-10/h6H,4-5H2,1-3H3,(H,14,15)(H,18,19). The fourth-order valence-corrected chi connectivity index (χ4v) is 1.96. The number of aromatic nitrogens is 3. The van der Waals surface area contributed by atoms with E-state index in [0.29, 0.717) is 36.1 Å². The zero-order chi connectivity index (χ0) is 14.7. The van der Waals surface area contributed by atoms with Crippen molar-refractivity contribution in [3.63, 3.8) is 0 Å². The van der Waals surface area contributed by atoms with Crippen LogP contribution in [0.2, 0.25) is 0 Å². The summed E-state index contributed by atoms with van der Waals surface area (Å²) in [6.45, 7) is 5.79. The van der Waals surface area contributed by atoms with Crippen LogP contribution in [-0.4, -0.2) is 32.7 Å². The summed E-state index contributed by atoms with van der Waals surface area (Å²) in [5.41, 5.74) is 1.64. The van der Waals surface area contributed by atoms with E-state index in [4.69, 9.17) is 4.52 Å². The SMILES string of the molecule is Cc1cc(C)c(C(=O)O)c(NCCc2nc(C)no2)n1. The number of hydrogen-bond acceptors (Lipinski definition) is 6. The molecule has 2 heterocycles. The second-order valence-corrected chi connectivity index (χ2v) is 4.52. The van der Waals surface area contributed by atoms with Crippen LogP contribution in [0.15, 0.2) is 10.6 Å². The molecule has 0 fully saturated rings. The summed E-state index contributed by atoms with van der Waals surface area (Å²) in [5.74, 6) is 0.462. The van der Waals surface area contributed by atoms with Gasteiger partial charge in [0.1, 0.15) is 11.4 Å². The van der Waals surface area contributed by atoms with E-state index in [-0.39, 0.29) is 5.56 Å². The number of carbonyl (C=O) groups is 1. The van der Waals surface area contributed by atoms with E-state index >= 15 is 0 Å². The van der Waals surface area contributed by atoms with Crippen LogP contribution in [0.25, 0.3) is 0 Å². The van der Waals surface area contributed by atoms with Gasteiger partial charge in [0.15, 0.2) is 5.82 Å². The molecular formula is C13H16N4O3. The Bertz CT molecular complexity index is 637. The molecule has 7 nitrogen and oxygen atoms in total. The Morgan fingerprint density at radius 3 is 2.70 bits per heavy atom. The summed E-state index contributed by atoms with van der Waals surface area (Å²) in [7, 11) is 0. The minimum Gasteiger partial charge on any atom is -0.478 e. The number of nitrogens with one attached hydrogen (secondary N) is 1. The number of carboxylic acid groups (broad SMARTS) is 1. The molecule has 0 radical (unpaired) electrons. The molecule has 0 aliphatic rings. The van der Waals surface area contributed by atoms with Gasteiger partial charge in [-0.1, -0.05) is 5.16 Å². The van der Waals surface area contributed by atoms with Gasteiger partial charge in [-0.25, -0.2) is 9.78 Å². The lowest BCUT2D eigenvalue weighted by molar-refractivity contribution is 0.0697. The predicted molar refractivity (Wildman–Crippen MR) is 71.9 cm³/mol. The van der Waals surface area contributed by atoms with Gasteiger partial charge in [-0.3, -0.25) is 0 Å². The molecule has 0 amide bonds. The smallest absolute Gasteiger partial charge is 0.339 e. The average Bonchev–Trinajstić information content (AvgIpc) is 2.73. The maximum atomic E-state index is 11.3. The van der Waals surface area contributed by atoms with Gasteiger partial charge in [0.25, 0.3) is 0 Å². The van der Waals surface area contributed by atoms with Crippen LogP contribution >= 0.6 is 0 Å². The van der Waals surface area contributed by atoms with Gasteiger partial charge in [-0.2, -0.15) is 4.98 Å². The lowest BCUT2D eigenvalue weighted by Gasteiger charge is -2.11.